The van der Waals surface area contributed by atoms with Crippen LogP contribution in [0.3, 0.4) is 0 Å². The van der Waals surface area contributed by atoms with E-state index in [9.17, 15) is 22.8 Å². The molecule has 1 atom stereocenters. The number of hydrogen-bond donors (Lipinski definition) is 3. The minimum absolute atomic E-state index is 0.0927. The number of alkyl carbamates (subject to hydrolysis) is 1. The molecule has 0 aromatic carbocycles. The average molecular weight is 481 g/mol. The van der Waals surface area contributed by atoms with Crippen molar-refractivity contribution in [2.24, 2.45) is 0 Å². The second-order valence-corrected chi connectivity index (χ2v) is 11.3. The molecule has 0 aliphatic rings. The molecule has 0 aliphatic heterocycles. The third-order valence-corrected chi connectivity index (χ3v) is 5.24. The molecular weight excluding hydrogens is 440 g/mol. The Bertz CT molecular complexity index is 727. The SMILES string of the molecule is CNC(=O)[C@H](CCCCNC(=O)OC(C)(C)C)NS(=O)(=O)CCN(C)C(=O)OC(C)(C)C. The Kier molecular flexibility index (Phi) is 12.0. The fraction of sp³-hybridized carbons (Fsp3) is 0.850. The van der Waals surface area contributed by atoms with Gasteiger partial charge >= 0.3 is 12.2 Å². The summed E-state index contributed by atoms with van der Waals surface area (Å²) in [6.45, 7) is 10.7. The second kappa shape index (κ2) is 12.8. The molecule has 0 radical (unpaired) electrons. The molecule has 11 nitrogen and oxygen atoms in total. The van der Waals surface area contributed by atoms with Crippen molar-refractivity contribution in [2.45, 2.75) is 78.0 Å². The van der Waals surface area contributed by atoms with Gasteiger partial charge in [0.1, 0.15) is 17.2 Å². The van der Waals surface area contributed by atoms with Gasteiger partial charge in [0.15, 0.2) is 0 Å². The minimum atomic E-state index is -3.83. The van der Waals surface area contributed by atoms with Crippen LogP contribution in [0.2, 0.25) is 0 Å². The number of hydrogen-bond acceptors (Lipinski definition) is 7. The van der Waals surface area contributed by atoms with E-state index in [-0.39, 0.29) is 18.7 Å². The number of rotatable bonds is 11. The fourth-order valence-corrected chi connectivity index (χ4v) is 3.65. The number of unbranched alkanes of at least 4 members (excludes halogenated alkanes) is 1. The van der Waals surface area contributed by atoms with Crippen molar-refractivity contribution in [3.05, 3.63) is 0 Å². The highest BCUT2D eigenvalue weighted by molar-refractivity contribution is 7.89. The average Bonchev–Trinajstić information content (AvgIpc) is 2.61. The molecule has 0 unspecified atom stereocenters. The van der Waals surface area contributed by atoms with Gasteiger partial charge in [-0.2, -0.15) is 0 Å². The fourth-order valence-electron chi connectivity index (χ4n) is 2.36. The summed E-state index contributed by atoms with van der Waals surface area (Å²) in [5.74, 6) is -0.842. The number of nitrogens with zero attached hydrogens (tertiary/aromatic N) is 1. The van der Waals surface area contributed by atoms with Gasteiger partial charge in [0, 0.05) is 27.2 Å². The lowest BCUT2D eigenvalue weighted by molar-refractivity contribution is -0.122. The van der Waals surface area contributed by atoms with E-state index in [1.165, 1.54) is 19.0 Å². The molecule has 0 spiro atoms. The van der Waals surface area contributed by atoms with Crippen LogP contribution in [-0.4, -0.2) is 81.6 Å². The molecule has 0 heterocycles. The zero-order chi connectivity index (χ0) is 25.2. The topological polar surface area (TPSA) is 143 Å². The summed E-state index contributed by atoms with van der Waals surface area (Å²) in [5, 5.41) is 5.06. The molecule has 3 amide bonds. The van der Waals surface area contributed by atoms with Gasteiger partial charge in [-0.3, -0.25) is 4.79 Å². The van der Waals surface area contributed by atoms with Gasteiger partial charge < -0.3 is 25.0 Å². The first-order valence-corrected chi connectivity index (χ1v) is 12.2. The monoisotopic (exact) mass is 480 g/mol. The first-order chi connectivity index (χ1) is 14.5. The van der Waals surface area contributed by atoms with E-state index in [0.29, 0.717) is 19.4 Å². The van der Waals surface area contributed by atoms with Gasteiger partial charge in [0.05, 0.1) is 5.75 Å². The number of nitrogens with one attached hydrogen (secondary N) is 3. The third kappa shape index (κ3) is 14.8. The molecule has 0 bridgehead atoms. The van der Waals surface area contributed by atoms with Crippen LogP contribution >= 0.6 is 0 Å². The Morgan fingerprint density at radius 3 is 2.03 bits per heavy atom. The maximum absolute atomic E-state index is 12.4. The standard InChI is InChI=1S/C20H40N4O7S/c1-19(2,3)30-17(26)22-12-10-9-11-15(16(25)21-7)23-32(28,29)14-13-24(8)18(27)31-20(4,5)6/h15,23H,9-14H2,1-8H3,(H,21,25)(H,22,26)/t15-/m0/s1. The highest BCUT2D eigenvalue weighted by atomic mass is 32.2. The van der Waals surface area contributed by atoms with Gasteiger partial charge in [-0.1, -0.05) is 0 Å². The number of ether oxygens (including phenoxy) is 2. The van der Waals surface area contributed by atoms with Crippen LogP contribution in [0.15, 0.2) is 0 Å². The van der Waals surface area contributed by atoms with Gasteiger partial charge in [-0.15, -0.1) is 0 Å². The van der Waals surface area contributed by atoms with Gasteiger partial charge in [-0.25, -0.2) is 22.7 Å². The van der Waals surface area contributed by atoms with E-state index in [4.69, 9.17) is 9.47 Å². The minimum Gasteiger partial charge on any atom is -0.444 e. The number of sulfonamides is 1. The lowest BCUT2D eigenvalue weighted by Crippen LogP contribution is -2.47. The van der Waals surface area contributed by atoms with Gasteiger partial charge in [0.2, 0.25) is 15.9 Å². The van der Waals surface area contributed by atoms with Crippen molar-refractivity contribution >= 4 is 28.1 Å². The highest BCUT2D eigenvalue weighted by Gasteiger charge is 2.25. The predicted molar refractivity (Wildman–Crippen MR) is 122 cm³/mol. The van der Waals surface area contributed by atoms with Crippen molar-refractivity contribution in [3.63, 3.8) is 0 Å². The van der Waals surface area contributed by atoms with Crippen LogP contribution in [-0.2, 0) is 24.3 Å². The first-order valence-electron chi connectivity index (χ1n) is 10.6. The van der Waals surface area contributed by atoms with Gasteiger partial charge in [-0.05, 0) is 60.8 Å². The molecule has 0 saturated carbocycles. The summed E-state index contributed by atoms with van der Waals surface area (Å²) in [6, 6.07) is -0.960. The summed E-state index contributed by atoms with van der Waals surface area (Å²) in [4.78, 5) is 36.9. The Balaban J connectivity index is 4.61. The summed E-state index contributed by atoms with van der Waals surface area (Å²) < 4.78 is 37.6. The van der Waals surface area contributed by atoms with E-state index in [0.717, 1.165) is 0 Å². The third-order valence-electron chi connectivity index (χ3n) is 3.87. The van der Waals surface area contributed by atoms with Crippen LogP contribution in [0.1, 0.15) is 60.8 Å². The number of amides is 3. The molecule has 0 aromatic rings. The molecule has 3 N–H and O–H groups in total. The molecule has 0 rings (SSSR count). The second-order valence-electron chi connectivity index (χ2n) is 9.43. The molecule has 0 aromatic heterocycles. The predicted octanol–water partition coefficient (Wildman–Crippen LogP) is 1.58. The van der Waals surface area contributed by atoms with E-state index in [2.05, 4.69) is 15.4 Å². The maximum atomic E-state index is 12.4. The van der Waals surface area contributed by atoms with Crippen LogP contribution in [0, 0.1) is 0 Å². The smallest absolute Gasteiger partial charge is 0.410 e. The zero-order valence-corrected chi connectivity index (χ0v) is 21.3. The Morgan fingerprint density at radius 2 is 1.53 bits per heavy atom. The van der Waals surface area contributed by atoms with E-state index >= 15 is 0 Å². The highest BCUT2D eigenvalue weighted by Crippen LogP contribution is 2.10. The van der Waals surface area contributed by atoms with Crippen molar-refractivity contribution in [2.75, 3.05) is 32.9 Å². The Hall–Kier alpha value is -2.08. The molecule has 0 saturated heterocycles. The lowest BCUT2D eigenvalue weighted by atomic mass is 10.1. The number of likely N-dealkylation sites (N-methyl/N-ethyl adjacent to an activating group) is 1. The van der Waals surface area contributed by atoms with Crippen LogP contribution in [0.4, 0.5) is 9.59 Å². The number of carbonyl (C=O) groups excluding carboxylic acids is 3. The maximum Gasteiger partial charge on any atom is 0.410 e. The van der Waals surface area contributed by atoms with E-state index in [1.807, 2.05) is 0 Å². The largest absolute Gasteiger partial charge is 0.444 e. The molecule has 0 aliphatic carbocycles. The molecular formula is C20H40N4O7S. The normalized spacial score (nSPS) is 13.1. The molecule has 12 heteroatoms. The quantitative estimate of drug-likeness (QED) is 0.381. The van der Waals surface area contributed by atoms with Crippen LogP contribution in [0.5, 0.6) is 0 Å². The molecule has 32 heavy (non-hydrogen) atoms. The summed E-state index contributed by atoms with van der Waals surface area (Å²) in [5.41, 5.74) is -1.28. The summed E-state index contributed by atoms with van der Waals surface area (Å²) in [7, 11) is -0.972. The van der Waals surface area contributed by atoms with Crippen molar-refractivity contribution in [1.82, 2.24) is 20.3 Å². The van der Waals surface area contributed by atoms with Crippen LogP contribution < -0.4 is 15.4 Å². The Morgan fingerprint density at radius 1 is 0.969 bits per heavy atom. The molecule has 188 valence electrons. The van der Waals surface area contributed by atoms with E-state index in [1.54, 1.807) is 41.5 Å². The summed E-state index contributed by atoms with van der Waals surface area (Å²) >= 11 is 0. The first kappa shape index (κ1) is 29.9. The lowest BCUT2D eigenvalue weighted by Gasteiger charge is -2.25. The van der Waals surface area contributed by atoms with Crippen molar-refractivity contribution in [3.8, 4) is 0 Å². The van der Waals surface area contributed by atoms with Crippen molar-refractivity contribution in [1.29, 1.82) is 0 Å². The van der Waals surface area contributed by atoms with Crippen LogP contribution in [0.25, 0.3) is 0 Å². The number of carbonyl (C=O) groups is 3. The summed E-state index contributed by atoms with van der Waals surface area (Å²) in [6.07, 6.45) is 0.115. The van der Waals surface area contributed by atoms with Crippen molar-refractivity contribution < 1.29 is 32.3 Å². The van der Waals surface area contributed by atoms with E-state index < -0.39 is 45.4 Å². The molecule has 0 fully saturated rings. The Labute approximate surface area is 192 Å². The zero-order valence-electron chi connectivity index (χ0n) is 20.5. The van der Waals surface area contributed by atoms with Gasteiger partial charge in [0.25, 0.3) is 0 Å².